The lowest BCUT2D eigenvalue weighted by Crippen LogP contribution is -2.43. The summed E-state index contributed by atoms with van der Waals surface area (Å²) in [4.78, 5) is 4.32. The second-order valence-corrected chi connectivity index (χ2v) is 9.18. The summed E-state index contributed by atoms with van der Waals surface area (Å²) in [6, 6.07) is 11.8. The zero-order valence-corrected chi connectivity index (χ0v) is 17.9. The molecule has 1 saturated heterocycles. The number of sulfonamides is 1. The zero-order valence-electron chi connectivity index (χ0n) is 17.1. The summed E-state index contributed by atoms with van der Waals surface area (Å²) >= 11 is 0. The molecule has 0 amide bonds. The molecular formula is C21H28FN3O3S. The molecule has 0 aliphatic carbocycles. The van der Waals surface area contributed by atoms with E-state index >= 15 is 0 Å². The maximum atomic E-state index is 13.5. The first kappa shape index (κ1) is 21.7. The summed E-state index contributed by atoms with van der Waals surface area (Å²) in [5, 5.41) is 0. The van der Waals surface area contributed by atoms with Gasteiger partial charge >= 0.3 is 0 Å². The molecule has 6 nitrogen and oxygen atoms in total. The van der Waals surface area contributed by atoms with E-state index in [4.69, 9.17) is 4.74 Å². The minimum absolute atomic E-state index is 0.0695. The lowest BCUT2D eigenvalue weighted by atomic mass is 10.0. The summed E-state index contributed by atoms with van der Waals surface area (Å²) in [6.45, 7) is 4.48. The molecule has 158 valence electrons. The Morgan fingerprint density at radius 2 is 1.79 bits per heavy atom. The number of nitrogens with one attached hydrogen (secondary N) is 1. The zero-order chi connectivity index (χ0) is 21.0. The number of hydrogen-bond acceptors (Lipinski definition) is 5. The third kappa shape index (κ3) is 5.33. The van der Waals surface area contributed by atoms with Crippen molar-refractivity contribution in [1.29, 1.82) is 0 Å². The van der Waals surface area contributed by atoms with Crippen LogP contribution < -0.4 is 9.62 Å². The summed E-state index contributed by atoms with van der Waals surface area (Å²) in [5.74, 6) is -0.420. The Hall–Kier alpha value is -2.00. The first-order valence-electron chi connectivity index (χ1n) is 9.63. The third-order valence-electron chi connectivity index (χ3n) is 5.19. The first-order chi connectivity index (χ1) is 13.8. The molecule has 29 heavy (non-hydrogen) atoms. The van der Waals surface area contributed by atoms with E-state index in [0.29, 0.717) is 18.8 Å². The smallest absolute Gasteiger partial charge is 0.240 e. The number of ether oxygens (including phenoxy) is 1. The van der Waals surface area contributed by atoms with Gasteiger partial charge < -0.3 is 9.64 Å². The number of aryl methyl sites for hydroxylation is 1. The maximum Gasteiger partial charge on any atom is 0.240 e. The van der Waals surface area contributed by atoms with E-state index in [1.807, 2.05) is 43.3 Å². The minimum Gasteiger partial charge on any atom is -0.379 e. The normalized spacial score (nSPS) is 16.6. The summed E-state index contributed by atoms with van der Waals surface area (Å²) in [5.41, 5.74) is 2.42. The van der Waals surface area contributed by atoms with Crippen LogP contribution in [0.2, 0.25) is 0 Å². The summed E-state index contributed by atoms with van der Waals surface area (Å²) in [7, 11) is 0.213. The van der Waals surface area contributed by atoms with E-state index in [0.717, 1.165) is 24.3 Å². The predicted molar refractivity (Wildman–Crippen MR) is 112 cm³/mol. The molecule has 1 atom stereocenters. The van der Waals surface area contributed by atoms with Crippen LogP contribution in [0.3, 0.4) is 0 Å². The van der Waals surface area contributed by atoms with Crippen molar-refractivity contribution in [2.75, 3.05) is 51.8 Å². The van der Waals surface area contributed by atoms with Crippen LogP contribution in [-0.2, 0) is 14.8 Å². The van der Waals surface area contributed by atoms with Crippen LogP contribution in [0.25, 0.3) is 0 Å². The molecule has 1 aliphatic heterocycles. The van der Waals surface area contributed by atoms with Gasteiger partial charge in [0, 0.05) is 45.5 Å². The summed E-state index contributed by atoms with van der Waals surface area (Å²) in [6.07, 6.45) is 0. The number of benzene rings is 2. The van der Waals surface area contributed by atoms with Crippen molar-refractivity contribution in [1.82, 2.24) is 9.62 Å². The van der Waals surface area contributed by atoms with Gasteiger partial charge in [-0.3, -0.25) is 4.90 Å². The number of anilines is 1. The van der Waals surface area contributed by atoms with Crippen LogP contribution in [0.15, 0.2) is 47.4 Å². The SMILES string of the molecule is Cc1cc(S(=O)(=O)NCC(c2ccc(N(C)C)cc2)N2CCOCC2)ccc1F. The van der Waals surface area contributed by atoms with Gasteiger partial charge in [-0.25, -0.2) is 17.5 Å². The van der Waals surface area contributed by atoms with Gasteiger partial charge in [0.25, 0.3) is 0 Å². The fraction of sp³-hybridized carbons (Fsp3) is 0.429. The van der Waals surface area contributed by atoms with E-state index in [2.05, 4.69) is 9.62 Å². The molecule has 8 heteroatoms. The van der Waals surface area contributed by atoms with Crippen molar-refractivity contribution in [3.8, 4) is 0 Å². The Morgan fingerprint density at radius 3 is 2.38 bits per heavy atom. The van der Waals surface area contributed by atoms with E-state index in [1.165, 1.54) is 18.2 Å². The van der Waals surface area contributed by atoms with Gasteiger partial charge in [-0.15, -0.1) is 0 Å². The number of rotatable bonds is 7. The van der Waals surface area contributed by atoms with Crippen molar-refractivity contribution >= 4 is 15.7 Å². The van der Waals surface area contributed by atoms with E-state index < -0.39 is 15.8 Å². The number of hydrogen-bond donors (Lipinski definition) is 1. The molecule has 0 radical (unpaired) electrons. The molecule has 2 aromatic carbocycles. The molecule has 3 rings (SSSR count). The first-order valence-corrected chi connectivity index (χ1v) is 11.1. The molecule has 0 saturated carbocycles. The van der Waals surface area contributed by atoms with E-state index in [1.54, 1.807) is 6.92 Å². The predicted octanol–water partition coefficient (Wildman–Crippen LogP) is 2.55. The van der Waals surface area contributed by atoms with Crippen LogP contribution in [0, 0.1) is 12.7 Å². The average Bonchev–Trinajstić information content (AvgIpc) is 2.71. The second kappa shape index (κ2) is 9.21. The molecule has 0 aromatic heterocycles. The highest BCUT2D eigenvalue weighted by Gasteiger charge is 2.25. The van der Waals surface area contributed by atoms with Crippen molar-refractivity contribution in [2.24, 2.45) is 0 Å². The van der Waals surface area contributed by atoms with Crippen molar-refractivity contribution in [3.05, 3.63) is 59.4 Å². The monoisotopic (exact) mass is 421 g/mol. The number of morpholine rings is 1. The van der Waals surface area contributed by atoms with Crippen LogP contribution in [0.5, 0.6) is 0 Å². The molecule has 1 aliphatic rings. The fourth-order valence-electron chi connectivity index (χ4n) is 3.40. The highest BCUT2D eigenvalue weighted by molar-refractivity contribution is 7.89. The Labute approximate surface area is 172 Å². The van der Waals surface area contributed by atoms with Crippen LogP contribution in [0.1, 0.15) is 17.2 Å². The van der Waals surface area contributed by atoms with Gasteiger partial charge in [0.15, 0.2) is 0 Å². The van der Waals surface area contributed by atoms with Gasteiger partial charge in [-0.2, -0.15) is 0 Å². The highest BCUT2D eigenvalue weighted by atomic mass is 32.2. The molecule has 0 spiro atoms. The Bertz CT molecular complexity index is 927. The summed E-state index contributed by atoms with van der Waals surface area (Å²) < 4.78 is 47.2. The highest BCUT2D eigenvalue weighted by Crippen LogP contribution is 2.24. The molecule has 1 N–H and O–H groups in total. The topological polar surface area (TPSA) is 61.9 Å². The van der Waals surface area contributed by atoms with E-state index in [9.17, 15) is 12.8 Å². The van der Waals surface area contributed by atoms with Gasteiger partial charge in [0.1, 0.15) is 5.82 Å². The third-order valence-corrected chi connectivity index (χ3v) is 6.61. The molecule has 1 heterocycles. The van der Waals surface area contributed by atoms with Gasteiger partial charge in [0.2, 0.25) is 10.0 Å². The Morgan fingerprint density at radius 1 is 1.14 bits per heavy atom. The molecular weight excluding hydrogens is 393 g/mol. The number of nitrogens with zero attached hydrogens (tertiary/aromatic N) is 2. The van der Waals surface area contributed by atoms with Gasteiger partial charge in [-0.05, 0) is 48.4 Å². The Balaban J connectivity index is 1.81. The minimum atomic E-state index is -3.75. The molecule has 1 fully saturated rings. The molecule has 1 unspecified atom stereocenters. The lowest BCUT2D eigenvalue weighted by molar-refractivity contribution is 0.0172. The number of halogens is 1. The Kier molecular flexibility index (Phi) is 6.89. The quantitative estimate of drug-likeness (QED) is 0.745. The van der Waals surface area contributed by atoms with Crippen LogP contribution in [0.4, 0.5) is 10.1 Å². The average molecular weight is 422 g/mol. The van der Waals surface area contributed by atoms with Crippen molar-refractivity contribution in [3.63, 3.8) is 0 Å². The van der Waals surface area contributed by atoms with Gasteiger partial charge in [-0.1, -0.05) is 12.1 Å². The standard InChI is InChI=1S/C21H28FN3O3S/c1-16-14-19(8-9-20(16)22)29(26,27)23-15-21(25-10-12-28-13-11-25)17-4-6-18(7-5-17)24(2)3/h4-9,14,21,23H,10-13,15H2,1-3H3. The molecule has 2 aromatic rings. The lowest BCUT2D eigenvalue weighted by Gasteiger charge is -2.35. The van der Waals surface area contributed by atoms with E-state index in [-0.39, 0.29) is 17.5 Å². The second-order valence-electron chi connectivity index (χ2n) is 7.41. The van der Waals surface area contributed by atoms with Crippen LogP contribution >= 0.6 is 0 Å². The largest absolute Gasteiger partial charge is 0.379 e. The van der Waals surface area contributed by atoms with Crippen LogP contribution in [-0.4, -0.2) is 60.3 Å². The van der Waals surface area contributed by atoms with Crippen molar-refractivity contribution in [2.45, 2.75) is 17.9 Å². The van der Waals surface area contributed by atoms with Crippen molar-refractivity contribution < 1.29 is 17.5 Å². The van der Waals surface area contributed by atoms with Gasteiger partial charge in [0.05, 0.1) is 18.1 Å². The fourth-order valence-corrected chi connectivity index (χ4v) is 4.52. The molecule has 0 bridgehead atoms. The maximum absolute atomic E-state index is 13.5.